The van der Waals surface area contributed by atoms with E-state index < -0.39 is 23.8 Å². The number of rotatable bonds is 3. The van der Waals surface area contributed by atoms with Gasteiger partial charge in [0, 0.05) is 10.7 Å². The lowest BCUT2D eigenvalue weighted by Crippen LogP contribution is -2.56. The first kappa shape index (κ1) is 14.4. The highest BCUT2D eigenvalue weighted by Crippen LogP contribution is 2.19. The number of urea groups is 1. The number of hydrogen-bond donors (Lipinski definition) is 2. The van der Waals surface area contributed by atoms with E-state index in [2.05, 4.69) is 20.9 Å². The van der Waals surface area contributed by atoms with Crippen molar-refractivity contribution in [1.29, 1.82) is 0 Å². The first-order valence-corrected chi connectivity index (χ1v) is 6.71. The summed E-state index contributed by atoms with van der Waals surface area (Å²) >= 11 is 3.34. The van der Waals surface area contributed by atoms with Crippen LogP contribution < -0.4 is 10.6 Å². The predicted octanol–water partition coefficient (Wildman–Crippen LogP) is 1.56. The van der Waals surface area contributed by atoms with Gasteiger partial charge < -0.3 is 0 Å². The Kier molecular flexibility index (Phi) is 4.29. The summed E-state index contributed by atoms with van der Waals surface area (Å²) in [6.07, 6.45) is 1.27. The smallest absolute Gasteiger partial charge is 0.288 e. The number of carbonyl (C=O) groups excluding carboxylic acids is 3. The Morgan fingerprint density at radius 1 is 1.15 bits per heavy atom. The molecule has 1 aromatic carbocycles. The van der Waals surface area contributed by atoms with Crippen LogP contribution in [0.2, 0.25) is 0 Å². The number of nitrogens with zero attached hydrogens (tertiary/aromatic N) is 1. The quantitative estimate of drug-likeness (QED) is 0.648. The third-order valence-electron chi connectivity index (χ3n) is 2.85. The van der Waals surface area contributed by atoms with Gasteiger partial charge in [0.15, 0.2) is 5.92 Å². The van der Waals surface area contributed by atoms with E-state index in [4.69, 9.17) is 0 Å². The van der Waals surface area contributed by atoms with Crippen LogP contribution in [0.25, 0.3) is 0 Å². The second kappa shape index (κ2) is 5.96. The van der Waals surface area contributed by atoms with E-state index in [1.54, 1.807) is 0 Å². The van der Waals surface area contributed by atoms with Crippen molar-refractivity contribution >= 4 is 40.0 Å². The summed E-state index contributed by atoms with van der Waals surface area (Å²) in [6, 6.07) is 6.58. The number of amides is 4. The monoisotopic (exact) mass is 337 g/mol. The number of aliphatic imine (C=N–C) groups is 1. The van der Waals surface area contributed by atoms with Gasteiger partial charge >= 0.3 is 6.03 Å². The van der Waals surface area contributed by atoms with Gasteiger partial charge in [-0.05, 0) is 24.6 Å². The molecule has 20 heavy (non-hydrogen) atoms. The molecule has 104 valence electrons. The van der Waals surface area contributed by atoms with Gasteiger partial charge in [0.2, 0.25) is 11.8 Å². The largest absolute Gasteiger partial charge is 0.328 e. The topological polar surface area (TPSA) is 87.6 Å². The van der Waals surface area contributed by atoms with Gasteiger partial charge in [0.05, 0.1) is 6.04 Å². The van der Waals surface area contributed by atoms with Crippen LogP contribution in [0.3, 0.4) is 0 Å². The minimum atomic E-state index is -1.08. The molecule has 1 fully saturated rings. The van der Waals surface area contributed by atoms with Gasteiger partial charge in [-0.3, -0.25) is 25.2 Å². The lowest BCUT2D eigenvalue weighted by molar-refractivity contribution is -0.132. The number of nitrogens with one attached hydrogen (secondary N) is 2. The Hall–Kier alpha value is -2.02. The highest BCUT2D eigenvalue weighted by Gasteiger charge is 2.32. The fraction of sp³-hybridized carbons (Fsp3) is 0.231. The zero-order valence-electron chi connectivity index (χ0n) is 10.6. The second-order valence-electron chi connectivity index (χ2n) is 4.31. The molecule has 1 aliphatic heterocycles. The van der Waals surface area contributed by atoms with E-state index >= 15 is 0 Å². The Balaban J connectivity index is 2.08. The number of imide groups is 2. The summed E-state index contributed by atoms with van der Waals surface area (Å²) in [4.78, 5) is 38.1. The maximum Gasteiger partial charge on any atom is 0.328 e. The predicted molar refractivity (Wildman–Crippen MR) is 76.2 cm³/mol. The number of hydrogen-bond acceptors (Lipinski definition) is 4. The Morgan fingerprint density at radius 2 is 1.70 bits per heavy atom. The van der Waals surface area contributed by atoms with Crippen molar-refractivity contribution in [3.05, 3.63) is 34.3 Å². The van der Waals surface area contributed by atoms with E-state index in [-0.39, 0.29) is 6.04 Å². The van der Waals surface area contributed by atoms with Crippen molar-refractivity contribution in [2.24, 2.45) is 10.9 Å². The van der Waals surface area contributed by atoms with Crippen LogP contribution in [0, 0.1) is 5.92 Å². The SMILES string of the molecule is C[C@@H](N=CC1C(=O)NC(=O)NC1=O)c1ccc(Br)cc1. The molecular weight excluding hydrogens is 326 g/mol. The summed E-state index contributed by atoms with van der Waals surface area (Å²) in [6.45, 7) is 1.85. The molecule has 1 aromatic rings. The zero-order chi connectivity index (χ0) is 14.7. The fourth-order valence-corrected chi connectivity index (χ4v) is 1.97. The second-order valence-corrected chi connectivity index (χ2v) is 5.23. The molecule has 7 heteroatoms. The molecule has 0 aliphatic carbocycles. The molecule has 1 saturated heterocycles. The van der Waals surface area contributed by atoms with Gasteiger partial charge in [-0.15, -0.1) is 0 Å². The number of benzene rings is 1. The minimum Gasteiger partial charge on any atom is -0.288 e. The highest BCUT2D eigenvalue weighted by atomic mass is 79.9. The maximum absolute atomic E-state index is 11.5. The van der Waals surface area contributed by atoms with Gasteiger partial charge in [-0.2, -0.15) is 0 Å². The van der Waals surface area contributed by atoms with E-state index in [0.717, 1.165) is 10.0 Å². The number of carbonyl (C=O) groups is 3. The van der Waals surface area contributed by atoms with E-state index in [1.165, 1.54) is 6.21 Å². The van der Waals surface area contributed by atoms with Gasteiger partial charge in [0.1, 0.15) is 0 Å². The molecule has 0 unspecified atom stereocenters. The molecule has 2 rings (SSSR count). The van der Waals surface area contributed by atoms with Crippen LogP contribution in [-0.4, -0.2) is 24.1 Å². The Morgan fingerprint density at radius 3 is 2.25 bits per heavy atom. The van der Waals surface area contributed by atoms with Gasteiger partial charge in [0.25, 0.3) is 0 Å². The van der Waals surface area contributed by atoms with Crippen LogP contribution in [-0.2, 0) is 9.59 Å². The van der Waals surface area contributed by atoms with Crippen molar-refractivity contribution < 1.29 is 14.4 Å². The molecule has 0 spiro atoms. The molecule has 1 heterocycles. The molecule has 2 N–H and O–H groups in total. The summed E-state index contributed by atoms with van der Waals surface area (Å²) in [7, 11) is 0. The molecule has 4 amide bonds. The third-order valence-corrected chi connectivity index (χ3v) is 3.38. The number of halogens is 1. The molecule has 0 radical (unpaired) electrons. The minimum absolute atomic E-state index is 0.193. The van der Waals surface area contributed by atoms with Crippen LogP contribution in [0.15, 0.2) is 33.7 Å². The number of barbiturate groups is 1. The van der Waals surface area contributed by atoms with Crippen LogP contribution >= 0.6 is 15.9 Å². The Labute approximate surface area is 123 Å². The van der Waals surface area contributed by atoms with Crippen molar-refractivity contribution in [3.8, 4) is 0 Å². The van der Waals surface area contributed by atoms with Crippen molar-refractivity contribution in [2.45, 2.75) is 13.0 Å². The van der Waals surface area contributed by atoms with Crippen LogP contribution in [0.5, 0.6) is 0 Å². The summed E-state index contributed by atoms with van der Waals surface area (Å²) < 4.78 is 0.960. The maximum atomic E-state index is 11.5. The lowest BCUT2D eigenvalue weighted by atomic mass is 10.1. The van der Waals surface area contributed by atoms with E-state index in [0.29, 0.717) is 0 Å². The van der Waals surface area contributed by atoms with Gasteiger partial charge in [-0.1, -0.05) is 28.1 Å². The first-order chi connectivity index (χ1) is 9.47. The van der Waals surface area contributed by atoms with Gasteiger partial charge in [-0.25, -0.2) is 4.79 Å². The lowest BCUT2D eigenvalue weighted by Gasteiger charge is -2.17. The highest BCUT2D eigenvalue weighted by molar-refractivity contribution is 9.10. The van der Waals surface area contributed by atoms with E-state index in [1.807, 2.05) is 41.8 Å². The average molecular weight is 338 g/mol. The molecular formula is C13H12BrN3O3. The van der Waals surface area contributed by atoms with Crippen LogP contribution in [0.4, 0.5) is 4.79 Å². The molecule has 0 aromatic heterocycles. The normalized spacial score (nSPS) is 18.0. The summed E-state index contributed by atoms with van der Waals surface area (Å²) in [5.41, 5.74) is 0.956. The van der Waals surface area contributed by atoms with Crippen molar-refractivity contribution in [3.63, 3.8) is 0 Å². The Bertz CT molecular complexity index is 563. The van der Waals surface area contributed by atoms with Crippen molar-refractivity contribution in [2.75, 3.05) is 0 Å². The first-order valence-electron chi connectivity index (χ1n) is 5.92. The molecule has 1 aliphatic rings. The summed E-state index contributed by atoms with van der Waals surface area (Å²) in [5.74, 6) is -2.40. The zero-order valence-corrected chi connectivity index (χ0v) is 12.2. The summed E-state index contributed by atoms with van der Waals surface area (Å²) in [5, 5.41) is 4.05. The average Bonchev–Trinajstić information content (AvgIpc) is 2.38. The standard InChI is InChI=1S/C13H12BrN3O3/c1-7(8-2-4-9(14)5-3-8)15-6-10-11(18)16-13(20)17-12(10)19/h2-7,10H,1H3,(H2,16,17,18,19,20)/t7-/m1/s1. The molecule has 6 nitrogen and oxygen atoms in total. The van der Waals surface area contributed by atoms with Crippen LogP contribution in [0.1, 0.15) is 18.5 Å². The molecule has 0 bridgehead atoms. The van der Waals surface area contributed by atoms with E-state index in [9.17, 15) is 14.4 Å². The van der Waals surface area contributed by atoms with Crippen molar-refractivity contribution in [1.82, 2.24) is 10.6 Å². The fourth-order valence-electron chi connectivity index (χ4n) is 1.71. The molecule has 0 saturated carbocycles. The molecule has 1 atom stereocenters. The third kappa shape index (κ3) is 3.30.